The van der Waals surface area contributed by atoms with Crippen molar-refractivity contribution >= 4 is 0 Å². The zero-order valence-corrected chi connectivity index (χ0v) is 12.2. The highest BCUT2D eigenvalue weighted by Crippen LogP contribution is 2.26. The van der Waals surface area contributed by atoms with E-state index in [9.17, 15) is 8.78 Å². The second-order valence-corrected chi connectivity index (χ2v) is 4.94. The Labute approximate surface area is 119 Å². The molecule has 3 nitrogen and oxygen atoms in total. The van der Waals surface area contributed by atoms with Gasteiger partial charge < -0.3 is 15.2 Å². The number of ether oxygens (including phenoxy) is 1. The maximum absolute atomic E-state index is 12.3. The summed E-state index contributed by atoms with van der Waals surface area (Å²) in [6.45, 7) is 3.59. The Bertz CT molecular complexity index is 401. The van der Waals surface area contributed by atoms with Gasteiger partial charge in [0.2, 0.25) is 0 Å². The molecule has 1 unspecified atom stereocenters. The highest BCUT2D eigenvalue weighted by atomic mass is 19.3. The number of alkyl halides is 2. The lowest BCUT2D eigenvalue weighted by Crippen LogP contribution is -2.28. The minimum absolute atomic E-state index is 0.157. The Morgan fingerprint density at radius 1 is 1.25 bits per heavy atom. The lowest BCUT2D eigenvalue weighted by atomic mass is 10.0. The molecule has 20 heavy (non-hydrogen) atoms. The Morgan fingerprint density at radius 2 is 1.85 bits per heavy atom. The summed E-state index contributed by atoms with van der Waals surface area (Å²) in [4.78, 5) is 0. The quantitative estimate of drug-likeness (QED) is 0.771. The van der Waals surface area contributed by atoms with Gasteiger partial charge in [-0.05, 0) is 43.4 Å². The summed E-state index contributed by atoms with van der Waals surface area (Å²) in [6.07, 6.45) is 1.64. The monoisotopic (exact) mass is 287 g/mol. The van der Waals surface area contributed by atoms with Gasteiger partial charge in [-0.3, -0.25) is 0 Å². The fraction of sp³-hybridized carbons (Fsp3) is 0.600. The van der Waals surface area contributed by atoms with E-state index < -0.39 is 6.61 Å². The Morgan fingerprint density at radius 3 is 2.30 bits per heavy atom. The first kappa shape index (κ1) is 16.9. The van der Waals surface area contributed by atoms with Crippen molar-refractivity contribution in [1.82, 2.24) is 5.32 Å². The van der Waals surface area contributed by atoms with E-state index in [2.05, 4.69) is 17.0 Å². The van der Waals surface area contributed by atoms with Crippen LogP contribution in [0.4, 0.5) is 8.78 Å². The zero-order valence-electron chi connectivity index (χ0n) is 12.2. The number of nitrogens with one attached hydrogen (secondary N) is 1. The van der Waals surface area contributed by atoms with E-state index in [1.807, 2.05) is 12.1 Å². The molecule has 0 spiro atoms. The third kappa shape index (κ3) is 5.06. The standard InChI is InChI=1S/C15H23F2NO2/c1-4-13(5-6-19)18-9-12-7-10(2)14(11(3)8-12)20-15(16)17/h7-8,13,15,18-19H,4-6,9H2,1-3H3. The number of rotatable bonds is 8. The molecule has 114 valence electrons. The molecule has 1 rings (SSSR count). The van der Waals surface area contributed by atoms with Crippen LogP contribution >= 0.6 is 0 Å². The van der Waals surface area contributed by atoms with Crippen LogP contribution < -0.4 is 10.1 Å². The maximum Gasteiger partial charge on any atom is 0.387 e. The van der Waals surface area contributed by atoms with Crippen LogP contribution in [0.1, 0.15) is 36.5 Å². The summed E-state index contributed by atoms with van der Waals surface area (Å²) in [5, 5.41) is 12.3. The number of aliphatic hydroxyl groups excluding tert-OH is 1. The second kappa shape index (κ2) is 8.17. The van der Waals surface area contributed by atoms with Gasteiger partial charge in [-0.25, -0.2) is 0 Å². The number of aliphatic hydroxyl groups is 1. The molecule has 0 aliphatic heterocycles. The van der Waals surface area contributed by atoms with Crippen LogP contribution in [-0.2, 0) is 6.54 Å². The van der Waals surface area contributed by atoms with Gasteiger partial charge in [-0.15, -0.1) is 0 Å². The van der Waals surface area contributed by atoms with E-state index in [0.717, 1.165) is 12.0 Å². The largest absolute Gasteiger partial charge is 0.434 e. The van der Waals surface area contributed by atoms with Gasteiger partial charge in [0.1, 0.15) is 5.75 Å². The van der Waals surface area contributed by atoms with Crippen LogP contribution in [0.15, 0.2) is 12.1 Å². The van der Waals surface area contributed by atoms with Crippen molar-refractivity contribution in [2.75, 3.05) is 6.61 Å². The highest BCUT2D eigenvalue weighted by Gasteiger charge is 2.12. The Balaban J connectivity index is 2.73. The van der Waals surface area contributed by atoms with Gasteiger partial charge in [-0.1, -0.05) is 19.1 Å². The lowest BCUT2D eigenvalue weighted by molar-refractivity contribution is -0.0507. The smallest absolute Gasteiger partial charge is 0.387 e. The predicted octanol–water partition coefficient (Wildman–Crippen LogP) is 3.16. The van der Waals surface area contributed by atoms with Crippen LogP contribution in [0.25, 0.3) is 0 Å². The first-order chi connectivity index (χ1) is 9.47. The fourth-order valence-corrected chi connectivity index (χ4v) is 2.29. The molecule has 0 saturated carbocycles. The summed E-state index contributed by atoms with van der Waals surface area (Å²) in [7, 11) is 0. The molecular weight excluding hydrogens is 264 g/mol. The second-order valence-electron chi connectivity index (χ2n) is 4.94. The predicted molar refractivity (Wildman–Crippen MR) is 75.2 cm³/mol. The topological polar surface area (TPSA) is 41.5 Å². The SMILES string of the molecule is CCC(CCO)NCc1cc(C)c(OC(F)F)c(C)c1. The third-order valence-electron chi connectivity index (χ3n) is 3.29. The first-order valence-electron chi connectivity index (χ1n) is 6.87. The van der Waals surface area contributed by atoms with Crippen LogP contribution in [0.3, 0.4) is 0 Å². The molecule has 5 heteroatoms. The van der Waals surface area contributed by atoms with Crippen LogP contribution in [0, 0.1) is 13.8 Å². The molecule has 0 aliphatic rings. The molecule has 2 N–H and O–H groups in total. The number of halogens is 2. The number of hydrogen-bond donors (Lipinski definition) is 2. The summed E-state index contributed by atoms with van der Waals surface area (Å²) >= 11 is 0. The van der Waals surface area contributed by atoms with Crippen molar-refractivity contribution in [3.8, 4) is 5.75 Å². The molecule has 1 aromatic rings. The average Bonchev–Trinajstić information content (AvgIpc) is 2.38. The number of aryl methyl sites for hydroxylation is 2. The van der Waals surface area contributed by atoms with E-state index in [4.69, 9.17) is 5.11 Å². The van der Waals surface area contributed by atoms with E-state index in [1.165, 1.54) is 0 Å². The van der Waals surface area contributed by atoms with Crippen LogP contribution in [0.2, 0.25) is 0 Å². The van der Waals surface area contributed by atoms with Crippen LogP contribution in [-0.4, -0.2) is 24.4 Å². The Hall–Kier alpha value is -1.20. The minimum atomic E-state index is -2.80. The molecule has 0 aromatic heterocycles. The molecule has 0 bridgehead atoms. The minimum Gasteiger partial charge on any atom is -0.434 e. The van der Waals surface area contributed by atoms with E-state index >= 15 is 0 Å². The van der Waals surface area contributed by atoms with Gasteiger partial charge in [0.25, 0.3) is 0 Å². The van der Waals surface area contributed by atoms with Crippen molar-refractivity contribution in [3.63, 3.8) is 0 Å². The van der Waals surface area contributed by atoms with E-state index in [0.29, 0.717) is 24.1 Å². The molecule has 0 amide bonds. The van der Waals surface area contributed by atoms with Crippen molar-refractivity contribution in [2.45, 2.75) is 52.8 Å². The molecule has 0 saturated heterocycles. The highest BCUT2D eigenvalue weighted by molar-refractivity contribution is 5.43. The lowest BCUT2D eigenvalue weighted by Gasteiger charge is -2.17. The average molecular weight is 287 g/mol. The van der Waals surface area contributed by atoms with Crippen molar-refractivity contribution in [3.05, 3.63) is 28.8 Å². The van der Waals surface area contributed by atoms with Gasteiger partial charge >= 0.3 is 6.61 Å². The van der Waals surface area contributed by atoms with Crippen molar-refractivity contribution in [1.29, 1.82) is 0 Å². The Kier molecular flexibility index (Phi) is 6.88. The zero-order chi connectivity index (χ0) is 15.1. The molecule has 1 atom stereocenters. The number of benzene rings is 1. The molecule has 1 aromatic carbocycles. The molecular formula is C15H23F2NO2. The summed E-state index contributed by atoms with van der Waals surface area (Å²) in [5.41, 5.74) is 2.44. The van der Waals surface area contributed by atoms with Crippen molar-refractivity contribution in [2.24, 2.45) is 0 Å². The summed E-state index contributed by atoms with van der Waals surface area (Å²) < 4.78 is 29.1. The number of hydrogen-bond acceptors (Lipinski definition) is 3. The molecule has 0 heterocycles. The first-order valence-corrected chi connectivity index (χ1v) is 6.87. The van der Waals surface area contributed by atoms with E-state index in [-0.39, 0.29) is 18.4 Å². The maximum atomic E-state index is 12.3. The van der Waals surface area contributed by atoms with Crippen molar-refractivity contribution < 1.29 is 18.6 Å². The van der Waals surface area contributed by atoms with Crippen LogP contribution in [0.5, 0.6) is 5.75 Å². The van der Waals surface area contributed by atoms with Gasteiger partial charge in [-0.2, -0.15) is 8.78 Å². The third-order valence-corrected chi connectivity index (χ3v) is 3.29. The molecule has 0 fully saturated rings. The van der Waals surface area contributed by atoms with Gasteiger partial charge in [0, 0.05) is 19.2 Å². The van der Waals surface area contributed by atoms with E-state index in [1.54, 1.807) is 13.8 Å². The summed E-state index contributed by atoms with van der Waals surface area (Å²) in [6, 6.07) is 3.96. The summed E-state index contributed by atoms with van der Waals surface area (Å²) in [5.74, 6) is 0.256. The molecule has 0 aliphatic carbocycles. The molecule has 0 radical (unpaired) electrons. The fourth-order valence-electron chi connectivity index (χ4n) is 2.29. The normalized spacial score (nSPS) is 12.8. The van der Waals surface area contributed by atoms with Gasteiger partial charge in [0.15, 0.2) is 0 Å². The van der Waals surface area contributed by atoms with Gasteiger partial charge in [0.05, 0.1) is 0 Å².